The summed E-state index contributed by atoms with van der Waals surface area (Å²) in [6, 6.07) is 6.71. The van der Waals surface area contributed by atoms with Crippen LogP contribution in [0.25, 0.3) is 6.08 Å². The van der Waals surface area contributed by atoms with E-state index >= 15 is 0 Å². The summed E-state index contributed by atoms with van der Waals surface area (Å²) in [5, 5.41) is 1.91. The second-order valence-electron chi connectivity index (χ2n) is 7.05. The van der Waals surface area contributed by atoms with Gasteiger partial charge in [0.05, 0.1) is 44.2 Å². The Morgan fingerprint density at radius 1 is 1.12 bits per heavy atom. The maximum atomic E-state index is 13.5. The minimum Gasteiger partial charge on any atom is -0.493 e. The minimum atomic E-state index is -0.601. The third kappa shape index (κ3) is 3.96. The monoisotopic (exact) mass is 486 g/mol. The van der Waals surface area contributed by atoms with Crippen LogP contribution in [0.1, 0.15) is 23.4 Å². The van der Waals surface area contributed by atoms with Gasteiger partial charge >= 0.3 is 5.97 Å². The second-order valence-corrected chi connectivity index (χ2v) is 9.04. The number of allylic oxidation sites excluding steroid dienone is 1. The van der Waals surface area contributed by atoms with Crippen molar-refractivity contribution in [3.63, 3.8) is 0 Å². The highest BCUT2D eigenvalue weighted by Crippen LogP contribution is 2.38. The lowest BCUT2D eigenvalue weighted by Crippen LogP contribution is -2.39. The standard InChI is InChI=1S/C23H22N2O6S2/c1-12-18(22(27)31-5)19(16-7-6-8-32-16)25-21(26)17(33-23(25)24-12)11-13-9-14(28-2)20(30-4)15(10-13)29-3/h6-11,19H,1-5H3. The fourth-order valence-electron chi connectivity index (χ4n) is 3.74. The Morgan fingerprint density at radius 2 is 1.82 bits per heavy atom. The smallest absolute Gasteiger partial charge is 0.338 e. The van der Waals surface area contributed by atoms with Crippen molar-refractivity contribution in [2.24, 2.45) is 4.99 Å². The maximum absolute atomic E-state index is 13.5. The number of fused-ring (bicyclic) bond motifs is 1. The SMILES string of the molecule is COC(=O)C1=C(C)N=c2sc(=Cc3cc(OC)c(OC)c(OC)c3)c(=O)n2C1c1cccs1. The van der Waals surface area contributed by atoms with Crippen LogP contribution in [0.15, 0.2) is 50.7 Å². The van der Waals surface area contributed by atoms with Gasteiger partial charge in [0, 0.05) is 4.88 Å². The molecule has 3 heterocycles. The molecule has 0 amide bonds. The summed E-state index contributed by atoms with van der Waals surface area (Å²) < 4.78 is 23.2. The van der Waals surface area contributed by atoms with Gasteiger partial charge in [0.2, 0.25) is 5.75 Å². The summed E-state index contributed by atoms with van der Waals surface area (Å²) in [6.07, 6.45) is 1.75. The number of ether oxygens (including phenoxy) is 4. The molecule has 8 nitrogen and oxygen atoms in total. The Kier molecular flexibility index (Phi) is 6.39. The molecule has 0 fully saturated rings. The van der Waals surface area contributed by atoms with Crippen LogP contribution in [0.2, 0.25) is 0 Å². The average molecular weight is 487 g/mol. The van der Waals surface area contributed by atoms with E-state index in [1.54, 1.807) is 29.7 Å². The summed E-state index contributed by atoms with van der Waals surface area (Å²) in [5.74, 6) is 0.926. The molecule has 0 saturated carbocycles. The molecular weight excluding hydrogens is 464 g/mol. The van der Waals surface area contributed by atoms with Crippen molar-refractivity contribution in [2.75, 3.05) is 28.4 Å². The van der Waals surface area contributed by atoms with Crippen molar-refractivity contribution in [1.82, 2.24) is 4.57 Å². The van der Waals surface area contributed by atoms with E-state index in [1.165, 1.54) is 51.1 Å². The largest absolute Gasteiger partial charge is 0.493 e. The average Bonchev–Trinajstić information content (AvgIpc) is 3.45. The summed E-state index contributed by atoms with van der Waals surface area (Å²) in [4.78, 5) is 32.1. The second kappa shape index (κ2) is 9.24. The van der Waals surface area contributed by atoms with Gasteiger partial charge in [-0.05, 0) is 42.1 Å². The van der Waals surface area contributed by atoms with Gasteiger partial charge in [-0.2, -0.15) is 0 Å². The Balaban J connectivity index is 1.94. The molecule has 0 aliphatic carbocycles. The van der Waals surface area contributed by atoms with Gasteiger partial charge in [-0.3, -0.25) is 9.36 Å². The highest BCUT2D eigenvalue weighted by atomic mass is 32.1. The summed E-state index contributed by atoms with van der Waals surface area (Å²) >= 11 is 2.72. The van der Waals surface area contributed by atoms with Crippen LogP contribution >= 0.6 is 22.7 Å². The zero-order valence-corrected chi connectivity index (χ0v) is 20.3. The van der Waals surface area contributed by atoms with Gasteiger partial charge in [-0.25, -0.2) is 9.79 Å². The molecule has 1 aliphatic heterocycles. The topological polar surface area (TPSA) is 88.4 Å². The Labute approximate surface area is 197 Å². The van der Waals surface area contributed by atoms with Crippen molar-refractivity contribution >= 4 is 34.7 Å². The van der Waals surface area contributed by atoms with Gasteiger partial charge in [-0.15, -0.1) is 11.3 Å². The van der Waals surface area contributed by atoms with E-state index in [1.807, 2.05) is 17.5 Å². The number of hydrogen-bond acceptors (Lipinski definition) is 9. The van der Waals surface area contributed by atoms with Crippen LogP contribution in [0, 0.1) is 0 Å². The number of methoxy groups -OCH3 is 4. The molecule has 3 aromatic rings. The summed E-state index contributed by atoms with van der Waals surface area (Å²) in [6.45, 7) is 1.75. The molecule has 1 aromatic carbocycles. The van der Waals surface area contributed by atoms with E-state index in [2.05, 4.69) is 4.99 Å². The van der Waals surface area contributed by atoms with Gasteiger partial charge in [0.1, 0.15) is 6.04 Å². The summed E-state index contributed by atoms with van der Waals surface area (Å²) in [7, 11) is 5.92. The molecule has 172 valence electrons. The zero-order valence-electron chi connectivity index (χ0n) is 18.7. The third-order valence-electron chi connectivity index (χ3n) is 5.22. The number of carbonyl (C=O) groups is 1. The van der Waals surface area contributed by atoms with Crippen molar-refractivity contribution in [3.05, 3.63) is 71.0 Å². The highest BCUT2D eigenvalue weighted by molar-refractivity contribution is 7.10. The molecule has 10 heteroatoms. The van der Waals surface area contributed by atoms with Gasteiger partial charge in [0.25, 0.3) is 5.56 Å². The lowest BCUT2D eigenvalue weighted by molar-refractivity contribution is -0.136. The van der Waals surface area contributed by atoms with Crippen molar-refractivity contribution < 1.29 is 23.7 Å². The molecule has 0 N–H and O–H groups in total. The van der Waals surface area contributed by atoms with E-state index in [4.69, 9.17) is 18.9 Å². The Morgan fingerprint density at radius 3 is 2.36 bits per heavy atom. The van der Waals surface area contributed by atoms with Gasteiger partial charge in [0.15, 0.2) is 16.3 Å². The number of hydrogen-bond donors (Lipinski definition) is 0. The predicted molar refractivity (Wildman–Crippen MR) is 126 cm³/mol. The van der Waals surface area contributed by atoms with E-state index in [-0.39, 0.29) is 5.56 Å². The maximum Gasteiger partial charge on any atom is 0.338 e. The molecule has 1 atom stereocenters. The van der Waals surface area contributed by atoms with Crippen LogP contribution < -0.4 is 29.1 Å². The first-order valence-corrected chi connectivity index (χ1v) is 11.6. The van der Waals surface area contributed by atoms with Crippen LogP contribution in [0.5, 0.6) is 17.2 Å². The molecule has 0 saturated heterocycles. The first-order chi connectivity index (χ1) is 15.9. The molecule has 1 unspecified atom stereocenters. The first kappa shape index (κ1) is 22.8. The molecule has 2 aromatic heterocycles. The molecule has 1 aliphatic rings. The molecule has 33 heavy (non-hydrogen) atoms. The molecular formula is C23H22N2O6S2. The quantitative estimate of drug-likeness (QED) is 0.498. The number of thiazole rings is 1. The van der Waals surface area contributed by atoms with E-state index in [0.717, 1.165) is 4.88 Å². The Hall–Kier alpha value is -3.37. The predicted octanol–water partition coefficient (Wildman–Crippen LogP) is 2.50. The van der Waals surface area contributed by atoms with Crippen LogP contribution in [0.4, 0.5) is 0 Å². The number of carbonyl (C=O) groups excluding carboxylic acids is 1. The van der Waals surface area contributed by atoms with E-state index in [0.29, 0.717) is 43.4 Å². The third-order valence-corrected chi connectivity index (χ3v) is 7.13. The fraction of sp³-hybridized carbons (Fsp3) is 0.261. The number of esters is 1. The first-order valence-electron chi connectivity index (χ1n) is 9.87. The fourth-order valence-corrected chi connectivity index (χ4v) is 5.61. The minimum absolute atomic E-state index is 0.250. The Bertz CT molecular complexity index is 1390. The lowest BCUT2D eigenvalue weighted by Gasteiger charge is -2.22. The molecule has 0 bridgehead atoms. The van der Waals surface area contributed by atoms with Gasteiger partial charge in [-0.1, -0.05) is 17.4 Å². The molecule has 4 rings (SSSR count). The number of aromatic nitrogens is 1. The normalized spacial score (nSPS) is 15.7. The van der Waals surface area contributed by atoms with E-state index in [9.17, 15) is 9.59 Å². The lowest BCUT2D eigenvalue weighted by atomic mass is 10.0. The van der Waals surface area contributed by atoms with E-state index < -0.39 is 12.0 Å². The van der Waals surface area contributed by atoms with Crippen LogP contribution in [-0.4, -0.2) is 39.0 Å². The summed E-state index contributed by atoms with van der Waals surface area (Å²) in [5.41, 5.74) is 1.33. The number of nitrogens with zero attached hydrogens (tertiary/aromatic N) is 2. The number of rotatable bonds is 6. The van der Waals surface area contributed by atoms with Crippen molar-refractivity contribution in [2.45, 2.75) is 13.0 Å². The van der Waals surface area contributed by atoms with Crippen LogP contribution in [0.3, 0.4) is 0 Å². The number of thiophene rings is 1. The van der Waals surface area contributed by atoms with Crippen molar-refractivity contribution in [3.8, 4) is 17.2 Å². The molecule has 0 spiro atoms. The molecule has 0 radical (unpaired) electrons. The number of benzene rings is 1. The van der Waals surface area contributed by atoms with Crippen molar-refractivity contribution in [1.29, 1.82) is 0 Å². The van der Waals surface area contributed by atoms with Gasteiger partial charge < -0.3 is 18.9 Å². The van der Waals surface area contributed by atoms with Crippen LogP contribution in [-0.2, 0) is 9.53 Å². The zero-order chi connectivity index (χ0) is 23.7. The highest BCUT2D eigenvalue weighted by Gasteiger charge is 2.33.